The van der Waals surface area contributed by atoms with Crippen molar-refractivity contribution in [3.8, 4) is 5.75 Å². The number of rotatable bonds is 7. The van der Waals surface area contributed by atoms with Gasteiger partial charge in [-0.05, 0) is 29.8 Å². The topological polar surface area (TPSA) is 64.4 Å². The van der Waals surface area contributed by atoms with Crippen molar-refractivity contribution in [2.75, 3.05) is 12.4 Å². The Balaban J connectivity index is 2.29. The third-order valence-corrected chi connectivity index (χ3v) is 3.64. The number of hydrogen-bond donors (Lipinski definition) is 1. The smallest absolute Gasteiger partial charge is 0.236 e. The van der Waals surface area contributed by atoms with Crippen LogP contribution < -0.4 is 10.1 Å². The van der Waals surface area contributed by atoms with Gasteiger partial charge in [-0.1, -0.05) is 37.3 Å². The minimum atomic E-state index is -0.690. The van der Waals surface area contributed by atoms with Crippen LogP contribution >= 0.6 is 0 Å². The van der Waals surface area contributed by atoms with Crippen LogP contribution in [0.15, 0.2) is 54.6 Å². The molecule has 2 aromatic rings. The molecule has 0 saturated heterocycles. The van der Waals surface area contributed by atoms with Gasteiger partial charge in [0.1, 0.15) is 11.8 Å². The summed E-state index contributed by atoms with van der Waals surface area (Å²) < 4.78 is 5.13. The van der Waals surface area contributed by atoms with Crippen molar-refractivity contribution >= 4 is 5.69 Å². The second kappa shape index (κ2) is 7.45. The van der Waals surface area contributed by atoms with Gasteiger partial charge in [-0.15, -0.1) is 0 Å². The molecule has 2 aromatic carbocycles. The molecule has 1 N–H and O–H groups in total. The lowest BCUT2D eigenvalue weighted by molar-refractivity contribution is -0.526. The Bertz CT molecular complexity index is 599. The molecule has 0 aliphatic carbocycles. The summed E-state index contributed by atoms with van der Waals surface area (Å²) in [6.07, 6.45) is 0.454. The summed E-state index contributed by atoms with van der Waals surface area (Å²) in [5.74, 6) is 0.753. The first-order valence-electron chi connectivity index (χ1n) is 7.24. The summed E-state index contributed by atoms with van der Waals surface area (Å²) in [5, 5.41) is 14.7. The molecule has 0 fully saturated rings. The van der Waals surface area contributed by atoms with Gasteiger partial charge in [0.25, 0.3) is 0 Å². The van der Waals surface area contributed by atoms with E-state index in [1.807, 2.05) is 61.5 Å². The molecule has 0 spiro atoms. The molecule has 0 aromatic heterocycles. The number of hydrogen-bond acceptors (Lipinski definition) is 4. The highest BCUT2D eigenvalue weighted by Crippen LogP contribution is 2.27. The highest BCUT2D eigenvalue weighted by atomic mass is 16.6. The quantitative estimate of drug-likeness (QED) is 0.622. The number of ether oxygens (including phenoxy) is 1. The van der Waals surface area contributed by atoms with Crippen LogP contribution in [-0.2, 0) is 0 Å². The van der Waals surface area contributed by atoms with Crippen molar-refractivity contribution in [3.05, 3.63) is 70.3 Å². The Morgan fingerprint density at radius 1 is 1.14 bits per heavy atom. The van der Waals surface area contributed by atoms with Crippen LogP contribution in [0.5, 0.6) is 5.75 Å². The van der Waals surface area contributed by atoms with Gasteiger partial charge in [0.2, 0.25) is 6.04 Å². The van der Waals surface area contributed by atoms with E-state index in [-0.39, 0.29) is 11.0 Å². The predicted molar refractivity (Wildman–Crippen MR) is 86.9 cm³/mol. The molecule has 0 heterocycles. The molecule has 2 atom stereocenters. The van der Waals surface area contributed by atoms with Crippen molar-refractivity contribution in [1.82, 2.24) is 0 Å². The maximum Gasteiger partial charge on any atom is 0.236 e. The second-order valence-electron chi connectivity index (χ2n) is 5.02. The van der Waals surface area contributed by atoms with Crippen molar-refractivity contribution in [3.63, 3.8) is 0 Å². The van der Waals surface area contributed by atoms with Gasteiger partial charge in [-0.2, -0.15) is 0 Å². The van der Waals surface area contributed by atoms with Crippen LogP contribution in [0.1, 0.15) is 24.9 Å². The van der Waals surface area contributed by atoms with E-state index in [9.17, 15) is 10.1 Å². The minimum Gasteiger partial charge on any atom is -0.497 e. The summed E-state index contributed by atoms with van der Waals surface area (Å²) >= 11 is 0. The summed E-state index contributed by atoms with van der Waals surface area (Å²) in [6.45, 7) is 1.83. The molecule has 0 aliphatic heterocycles. The van der Waals surface area contributed by atoms with Crippen LogP contribution in [0, 0.1) is 10.1 Å². The lowest BCUT2D eigenvalue weighted by atomic mass is 9.97. The number of nitrogens with one attached hydrogen (secondary N) is 1. The number of benzene rings is 2. The monoisotopic (exact) mass is 300 g/mol. The highest BCUT2D eigenvalue weighted by Gasteiger charge is 2.31. The van der Waals surface area contributed by atoms with Crippen LogP contribution in [-0.4, -0.2) is 18.1 Å². The zero-order valence-electron chi connectivity index (χ0n) is 12.7. The zero-order valence-corrected chi connectivity index (χ0v) is 12.7. The average molecular weight is 300 g/mol. The van der Waals surface area contributed by atoms with E-state index in [0.29, 0.717) is 6.42 Å². The van der Waals surface area contributed by atoms with E-state index in [4.69, 9.17) is 4.74 Å². The Kier molecular flexibility index (Phi) is 5.36. The van der Waals surface area contributed by atoms with E-state index >= 15 is 0 Å². The Morgan fingerprint density at radius 2 is 1.77 bits per heavy atom. The standard InChI is InChI=1S/C17H20N2O3/c1-3-16(19(20)21)17(13-7-5-4-6-8-13)18-14-9-11-15(22-2)12-10-14/h4-12,16-18H,3H2,1-2H3/t16-,17+/m1/s1. The summed E-state index contributed by atoms with van der Waals surface area (Å²) in [4.78, 5) is 11.2. The first-order valence-corrected chi connectivity index (χ1v) is 7.24. The van der Waals surface area contributed by atoms with Crippen molar-refractivity contribution < 1.29 is 9.66 Å². The summed E-state index contributed by atoms with van der Waals surface area (Å²) in [5.41, 5.74) is 1.73. The fourth-order valence-corrected chi connectivity index (χ4v) is 2.44. The molecule has 0 radical (unpaired) electrons. The first-order chi connectivity index (χ1) is 10.7. The maximum atomic E-state index is 11.4. The predicted octanol–water partition coefficient (Wildman–Crippen LogP) is 3.90. The molecule has 0 bridgehead atoms. The van der Waals surface area contributed by atoms with Crippen LogP contribution in [0.3, 0.4) is 0 Å². The fraction of sp³-hybridized carbons (Fsp3) is 0.294. The van der Waals surface area contributed by atoms with Gasteiger partial charge >= 0.3 is 0 Å². The molecule has 0 saturated carbocycles. The van der Waals surface area contributed by atoms with Crippen molar-refractivity contribution in [1.29, 1.82) is 0 Å². The molecule has 0 aliphatic rings. The Hall–Kier alpha value is -2.56. The molecule has 116 valence electrons. The maximum absolute atomic E-state index is 11.4. The zero-order chi connectivity index (χ0) is 15.9. The van der Waals surface area contributed by atoms with E-state index in [0.717, 1.165) is 17.0 Å². The summed E-state index contributed by atoms with van der Waals surface area (Å²) in [7, 11) is 1.61. The van der Waals surface area contributed by atoms with Crippen molar-refractivity contribution in [2.45, 2.75) is 25.4 Å². The SMILES string of the molecule is CC[C@H]([C@@H](Nc1ccc(OC)cc1)c1ccccc1)[N+](=O)[O-]. The molecule has 5 heteroatoms. The minimum absolute atomic E-state index is 0.214. The number of nitrogens with zero attached hydrogens (tertiary/aromatic N) is 1. The van der Waals surface area contributed by atoms with E-state index in [2.05, 4.69) is 5.32 Å². The van der Waals surface area contributed by atoms with Crippen LogP contribution in [0.4, 0.5) is 5.69 Å². The molecule has 22 heavy (non-hydrogen) atoms. The lowest BCUT2D eigenvalue weighted by Gasteiger charge is -2.23. The van der Waals surface area contributed by atoms with Gasteiger partial charge < -0.3 is 10.1 Å². The van der Waals surface area contributed by atoms with E-state index in [1.165, 1.54) is 0 Å². The van der Waals surface area contributed by atoms with Gasteiger partial charge in [0.05, 0.1) is 7.11 Å². The molecular weight excluding hydrogens is 280 g/mol. The third-order valence-electron chi connectivity index (χ3n) is 3.64. The highest BCUT2D eigenvalue weighted by molar-refractivity contribution is 5.48. The summed E-state index contributed by atoms with van der Waals surface area (Å²) in [6, 6.07) is 15.8. The second-order valence-corrected chi connectivity index (χ2v) is 5.02. The van der Waals surface area contributed by atoms with E-state index in [1.54, 1.807) is 7.11 Å². The molecule has 5 nitrogen and oxygen atoms in total. The normalized spacial score (nSPS) is 13.2. The van der Waals surface area contributed by atoms with Gasteiger partial charge in [-0.3, -0.25) is 10.1 Å². The largest absolute Gasteiger partial charge is 0.497 e. The average Bonchev–Trinajstić information content (AvgIpc) is 2.55. The molecule has 0 amide bonds. The van der Waals surface area contributed by atoms with Crippen molar-refractivity contribution in [2.24, 2.45) is 0 Å². The van der Waals surface area contributed by atoms with Crippen LogP contribution in [0.25, 0.3) is 0 Å². The van der Waals surface area contributed by atoms with E-state index < -0.39 is 6.04 Å². The molecule has 0 unspecified atom stereocenters. The lowest BCUT2D eigenvalue weighted by Crippen LogP contribution is -2.32. The first kappa shape index (κ1) is 15.8. The number of methoxy groups -OCH3 is 1. The van der Waals surface area contributed by atoms with Crippen LogP contribution in [0.2, 0.25) is 0 Å². The Morgan fingerprint density at radius 3 is 2.27 bits per heavy atom. The third kappa shape index (κ3) is 3.75. The Labute approximate surface area is 130 Å². The molecular formula is C17H20N2O3. The van der Waals surface area contributed by atoms with Gasteiger partial charge in [0.15, 0.2) is 0 Å². The fourth-order valence-electron chi connectivity index (χ4n) is 2.44. The van der Waals surface area contributed by atoms with Gasteiger partial charge in [-0.25, -0.2) is 0 Å². The number of nitro groups is 1. The van der Waals surface area contributed by atoms with Gasteiger partial charge in [0, 0.05) is 17.0 Å². The molecule has 2 rings (SSSR count). The number of anilines is 1.